The van der Waals surface area contributed by atoms with Crippen LogP contribution in [0.4, 0.5) is 4.79 Å². The minimum atomic E-state index is -1.03. The first-order valence-corrected chi connectivity index (χ1v) is 15.7. The monoisotopic (exact) mass is 567 g/mol. The molecule has 0 radical (unpaired) electrons. The van der Waals surface area contributed by atoms with E-state index in [-0.39, 0.29) is 35.9 Å². The lowest BCUT2D eigenvalue weighted by atomic mass is 9.70. The van der Waals surface area contributed by atoms with Gasteiger partial charge in [0.15, 0.2) is 0 Å². The standard InChI is InChI=1S/C37H45NO4/c1-22(2)25-15-32(23(3)4)35(33(16-25)24(5)6)37(40)17-26-19-41-20-27(18-37)38(26)36(39)42-21-34-30-13-9-7-11-28(30)29-12-8-10-14-31(29)34/h7-16,22-24,26-27,34,40H,17-21H2,1-6H3. The number of ether oxygens (including phenoxy) is 2. The third-order valence-electron chi connectivity index (χ3n) is 9.70. The second-order valence-electron chi connectivity index (χ2n) is 13.5. The van der Waals surface area contributed by atoms with Crippen LogP contribution in [0.1, 0.15) is 111 Å². The van der Waals surface area contributed by atoms with Crippen LogP contribution in [0.2, 0.25) is 0 Å². The normalized spacial score (nSPS) is 23.4. The summed E-state index contributed by atoms with van der Waals surface area (Å²) in [5, 5.41) is 12.5. The third kappa shape index (κ3) is 4.95. The van der Waals surface area contributed by atoms with Crippen molar-refractivity contribution in [2.75, 3.05) is 19.8 Å². The van der Waals surface area contributed by atoms with Gasteiger partial charge in [0.2, 0.25) is 0 Å². The van der Waals surface area contributed by atoms with Crippen molar-refractivity contribution in [1.29, 1.82) is 0 Å². The number of carbonyl (C=O) groups is 1. The molecule has 3 aromatic carbocycles. The van der Waals surface area contributed by atoms with Crippen LogP contribution in [0.15, 0.2) is 60.7 Å². The number of piperidine rings is 1. The molecule has 2 heterocycles. The summed E-state index contributed by atoms with van der Waals surface area (Å²) in [6, 6.07) is 20.9. The van der Waals surface area contributed by atoms with Crippen molar-refractivity contribution in [2.24, 2.45) is 0 Å². The van der Waals surface area contributed by atoms with Gasteiger partial charge in [-0.05, 0) is 62.3 Å². The molecule has 2 aliphatic heterocycles. The number of amides is 1. The minimum absolute atomic E-state index is 0.0147. The molecule has 2 atom stereocenters. The number of morpholine rings is 1. The molecule has 5 heteroatoms. The zero-order valence-electron chi connectivity index (χ0n) is 25.9. The van der Waals surface area contributed by atoms with Gasteiger partial charge in [0.25, 0.3) is 0 Å². The number of hydrogen-bond donors (Lipinski definition) is 1. The van der Waals surface area contributed by atoms with Gasteiger partial charge in [0, 0.05) is 18.8 Å². The molecule has 2 bridgehead atoms. The summed E-state index contributed by atoms with van der Waals surface area (Å²) in [6.45, 7) is 14.4. The summed E-state index contributed by atoms with van der Waals surface area (Å²) in [7, 11) is 0. The lowest BCUT2D eigenvalue weighted by molar-refractivity contribution is -0.137. The van der Waals surface area contributed by atoms with Crippen molar-refractivity contribution in [3.63, 3.8) is 0 Å². The Kier molecular flexibility index (Phi) is 7.69. The highest BCUT2D eigenvalue weighted by Gasteiger charge is 2.51. The van der Waals surface area contributed by atoms with E-state index in [4.69, 9.17) is 9.47 Å². The molecular weight excluding hydrogens is 522 g/mol. The Morgan fingerprint density at radius 2 is 1.36 bits per heavy atom. The third-order valence-corrected chi connectivity index (χ3v) is 9.70. The molecule has 42 heavy (non-hydrogen) atoms. The molecule has 2 fully saturated rings. The van der Waals surface area contributed by atoms with E-state index in [1.54, 1.807) is 0 Å². The summed E-state index contributed by atoms with van der Waals surface area (Å²) in [4.78, 5) is 15.6. The summed E-state index contributed by atoms with van der Waals surface area (Å²) in [5.41, 5.74) is 8.64. The molecule has 0 spiro atoms. The van der Waals surface area contributed by atoms with E-state index < -0.39 is 5.60 Å². The summed E-state index contributed by atoms with van der Waals surface area (Å²) in [6.07, 6.45) is 0.572. The molecule has 2 unspecified atom stereocenters. The second kappa shape index (κ2) is 11.2. The van der Waals surface area contributed by atoms with Gasteiger partial charge in [-0.2, -0.15) is 0 Å². The molecule has 222 valence electrons. The highest BCUT2D eigenvalue weighted by molar-refractivity contribution is 5.79. The maximum atomic E-state index is 13.8. The lowest BCUT2D eigenvalue weighted by Crippen LogP contribution is -2.63. The van der Waals surface area contributed by atoms with Gasteiger partial charge < -0.3 is 14.6 Å². The Bertz CT molecular complexity index is 1390. The Morgan fingerprint density at radius 1 is 0.857 bits per heavy atom. The van der Waals surface area contributed by atoms with Crippen LogP contribution in [-0.4, -0.2) is 48.0 Å². The van der Waals surface area contributed by atoms with Gasteiger partial charge >= 0.3 is 6.09 Å². The highest BCUT2D eigenvalue weighted by Crippen LogP contribution is 2.48. The Hall–Kier alpha value is -3.15. The van der Waals surface area contributed by atoms with Crippen LogP contribution in [0, 0.1) is 0 Å². The van der Waals surface area contributed by atoms with E-state index in [2.05, 4.69) is 102 Å². The molecular formula is C37H45NO4. The molecule has 1 N–H and O–H groups in total. The van der Waals surface area contributed by atoms with E-state index in [0.29, 0.717) is 38.6 Å². The molecule has 0 saturated carbocycles. The van der Waals surface area contributed by atoms with Crippen molar-refractivity contribution < 1.29 is 19.4 Å². The predicted octanol–water partition coefficient (Wildman–Crippen LogP) is 8.06. The number of rotatable bonds is 6. The zero-order chi connectivity index (χ0) is 29.8. The smallest absolute Gasteiger partial charge is 0.410 e. The average molecular weight is 568 g/mol. The summed E-state index contributed by atoms with van der Waals surface area (Å²) in [5.74, 6) is 0.973. The van der Waals surface area contributed by atoms with Gasteiger partial charge in [-0.15, -0.1) is 0 Å². The number of carbonyl (C=O) groups excluding carboxylic acids is 1. The van der Waals surface area contributed by atoms with Crippen molar-refractivity contribution in [3.05, 3.63) is 94.0 Å². The van der Waals surface area contributed by atoms with Gasteiger partial charge in [-0.1, -0.05) is 102 Å². The van der Waals surface area contributed by atoms with Crippen molar-refractivity contribution in [1.82, 2.24) is 4.90 Å². The van der Waals surface area contributed by atoms with Crippen LogP contribution < -0.4 is 0 Å². The molecule has 0 aromatic heterocycles. The number of aliphatic hydroxyl groups is 1. The molecule has 3 aromatic rings. The quantitative estimate of drug-likeness (QED) is 0.327. The maximum Gasteiger partial charge on any atom is 0.410 e. The first-order chi connectivity index (χ1) is 20.1. The first-order valence-electron chi connectivity index (χ1n) is 15.7. The highest BCUT2D eigenvalue weighted by atomic mass is 16.6. The van der Waals surface area contributed by atoms with Crippen molar-refractivity contribution in [3.8, 4) is 11.1 Å². The van der Waals surface area contributed by atoms with E-state index in [9.17, 15) is 9.90 Å². The second-order valence-corrected chi connectivity index (χ2v) is 13.5. The largest absolute Gasteiger partial charge is 0.448 e. The molecule has 1 aliphatic carbocycles. The molecule has 1 amide bonds. The fourth-order valence-electron chi connectivity index (χ4n) is 7.64. The fraction of sp³-hybridized carbons (Fsp3) is 0.486. The Morgan fingerprint density at radius 3 is 1.83 bits per heavy atom. The van der Waals surface area contributed by atoms with Gasteiger partial charge in [-0.25, -0.2) is 4.79 Å². The van der Waals surface area contributed by atoms with Crippen molar-refractivity contribution in [2.45, 2.75) is 95.7 Å². The maximum absolute atomic E-state index is 13.8. The number of benzene rings is 3. The van der Waals surface area contributed by atoms with Crippen LogP contribution in [0.3, 0.4) is 0 Å². The molecule has 3 aliphatic rings. The number of hydrogen-bond acceptors (Lipinski definition) is 4. The van der Waals surface area contributed by atoms with Gasteiger partial charge in [0.1, 0.15) is 6.61 Å². The van der Waals surface area contributed by atoms with Crippen LogP contribution >= 0.6 is 0 Å². The van der Waals surface area contributed by atoms with E-state index in [1.165, 1.54) is 38.9 Å². The van der Waals surface area contributed by atoms with E-state index in [0.717, 1.165) is 5.56 Å². The van der Waals surface area contributed by atoms with Crippen LogP contribution in [-0.2, 0) is 15.1 Å². The Balaban J connectivity index is 1.27. The molecule has 6 rings (SSSR count). The average Bonchev–Trinajstić information content (AvgIpc) is 3.28. The van der Waals surface area contributed by atoms with E-state index >= 15 is 0 Å². The van der Waals surface area contributed by atoms with E-state index in [1.807, 2.05) is 4.90 Å². The Labute approximate surface area is 250 Å². The first kappa shape index (κ1) is 28.9. The van der Waals surface area contributed by atoms with Crippen molar-refractivity contribution >= 4 is 6.09 Å². The molecule has 2 saturated heterocycles. The topological polar surface area (TPSA) is 59.0 Å². The summed E-state index contributed by atoms with van der Waals surface area (Å²) >= 11 is 0. The van der Waals surface area contributed by atoms with Gasteiger partial charge in [-0.3, -0.25) is 4.90 Å². The minimum Gasteiger partial charge on any atom is -0.448 e. The number of nitrogens with zero attached hydrogens (tertiary/aromatic N) is 1. The SMILES string of the molecule is CC(C)c1cc(C(C)C)c(C2(O)CC3COCC(C2)N3C(=O)OCC2c3ccccc3-c3ccccc32)c(C(C)C)c1. The number of fused-ring (bicyclic) bond motifs is 5. The lowest BCUT2D eigenvalue weighted by Gasteiger charge is -2.52. The zero-order valence-corrected chi connectivity index (χ0v) is 25.9. The van der Waals surface area contributed by atoms with Gasteiger partial charge in [0.05, 0.1) is 30.9 Å². The molecule has 5 nitrogen and oxygen atoms in total. The van der Waals surface area contributed by atoms with Crippen LogP contribution in [0.25, 0.3) is 11.1 Å². The fourth-order valence-corrected chi connectivity index (χ4v) is 7.64. The summed E-state index contributed by atoms with van der Waals surface area (Å²) < 4.78 is 12.1. The predicted molar refractivity (Wildman–Crippen MR) is 167 cm³/mol. The van der Waals surface area contributed by atoms with Crippen LogP contribution in [0.5, 0.6) is 0 Å².